The summed E-state index contributed by atoms with van der Waals surface area (Å²) < 4.78 is 10.9. The first-order valence-corrected chi connectivity index (χ1v) is 8.16. The summed E-state index contributed by atoms with van der Waals surface area (Å²) in [6.07, 6.45) is 2.25. The average molecular weight is 314 g/mol. The zero-order chi connectivity index (χ0) is 16.3. The van der Waals surface area contributed by atoms with Crippen LogP contribution in [-0.4, -0.2) is 26.8 Å². The molecule has 4 nitrogen and oxygen atoms in total. The Balaban J connectivity index is 1.69. The number of methoxy groups -OCH3 is 1. The number of hydrogen-bond donors (Lipinski definition) is 2. The van der Waals surface area contributed by atoms with Crippen LogP contribution in [0.4, 0.5) is 11.4 Å². The van der Waals surface area contributed by atoms with Crippen molar-refractivity contribution in [3.8, 4) is 11.5 Å². The topological polar surface area (TPSA) is 42.5 Å². The Bertz CT molecular complexity index is 570. The van der Waals surface area contributed by atoms with Crippen LogP contribution in [-0.2, 0) is 0 Å². The van der Waals surface area contributed by atoms with E-state index in [-0.39, 0.29) is 0 Å². The van der Waals surface area contributed by atoms with Crippen molar-refractivity contribution in [2.24, 2.45) is 0 Å². The van der Waals surface area contributed by atoms with Crippen molar-refractivity contribution >= 4 is 11.4 Å². The minimum absolute atomic E-state index is 0.785. The lowest BCUT2D eigenvalue weighted by Crippen LogP contribution is -2.13. The van der Waals surface area contributed by atoms with E-state index in [1.54, 1.807) is 7.11 Å². The summed E-state index contributed by atoms with van der Waals surface area (Å²) in [6, 6.07) is 16.0. The molecule has 2 aromatic rings. The normalized spacial score (nSPS) is 10.2. The van der Waals surface area contributed by atoms with E-state index in [9.17, 15) is 0 Å². The minimum atomic E-state index is 0.785. The van der Waals surface area contributed by atoms with Gasteiger partial charge in [0, 0.05) is 30.5 Å². The van der Waals surface area contributed by atoms with Crippen LogP contribution in [0.25, 0.3) is 0 Å². The van der Waals surface area contributed by atoms with Gasteiger partial charge < -0.3 is 20.1 Å². The number of rotatable bonds is 10. The maximum absolute atomic E-state index is 5.65. The number of benzene rings is 2. The smallest absolute Gasteiger partial charge is 0.120 e. The first-order chi connectivity index (χ1) is 11.3. The second kappa shape index (κ2) is 9.62. The fraction of sp³-hybridized carbons (Fsp3) is 0.368. The van der Waals surface area contributed by atoms with Crippen molar-refractivity contribution in [1.29, 1.82) is 0 Å². The second-order valence-corrected chi connectivity index (χ2v) is 5.31. The van der Waals surface area contributed by atoms with Crippen molar-refractivity contribution < 1.29 is 9.47 Å². The summed E-state index contributed by atoms with van der Waals surface area (Å²) >= 11 is 0. The molecule has 0 saturated heterocycles. The van der Waals surface area contributed by atoms with Gasteiger partial charge in [0.15, 0.2) is 0 Å². The summed E-state index contributed by atoms with van der Waals surface area (Å²) in [5, 5.41) is 6.76. The van der Waals surface area contributed by atoms with Crippen LogP contribution >= 0.6 is 0 Å². The highest BCUT2D eigenvalue weighted by molar-refractivity contribution is 5.49. The Morgan fingerprint density at radius 1 is 0.870 bits per heavy atom. The van der Waals surface area contributed by atoms with Crippen LogP contribution in [0.1, 0.15) is 19.8 Å². The van der Waals surface area contributed by atoms with Gasteiger partial charge in [0.25, 0.3) is 0 Å². The van der Waals surface area contributed by atoms with Crippen molar-refractivity contribution in [2.75, 3.05) is 37.4 Å². The van der Waals surface area contributed by atoms with Gasteiger partial charge in [0.1, 0.15) is 11.5 Å². The molecule has 0 spiro atoms. The third kappa shape index (κ3) is 6.10. The van der Waals surface area contributed by atoms with Gasteiger partial charge in [-0.05, 0) is 42.8 Å². The van der Waals surface area contributed by atoms with E-state index in [1.165, 1.54) is 0 Å². The summed E-state index contributed by atoms with van der Waals surface area (Å²) in [7, 11) is 1.68. The first kappa shape index (κ1) is 17.0. The van der Waals surface area contributed by atoms with E-state index in [4.69, 9.17) is 9.47 Å². The molecule has 124 valence electrons. The molecule has 0 bridgehead atoms. The Morgan fingerprint density at radius 2 is 1.61 bits per heavy atom. The molecule has 0 unspecified atom stereocenters. The third-order valence-corrected chi connectivity index (χ3v) is 3.47. The zero-order valence-corrected chi connectivity index (χ0v) is 14.0. The van der Waals surface area contributed by atoms with E-state index >= 15 is 0 Å². The molecule has 0 fully saturated rings. The monoisotopic (exact) mass is 314 g/mol. The van der Waals surface area contributed by atoms with Crippen molar-refractivity contribution in [3.05, 3.63) is 48.5 Å². The molecule has 0 aliphatic rings. The van der Waals surface area contributed by atoms with Crippen molar-refractivity contribution in [3.63, 3.8) is 0 Å². The molecule has 0 radical (unpaired) electrons. The van der Waals surface area contributed by atoms with Crippen LogP contribution in [0.2, 0.25) is 0 Å². The fourth-order valence-corrected chi connectivity index (χ4v) is 2.15. The van der Waals surface area contributed by atoms with Gasteiger partial charge in [0.05, 0.1) is 13.7 Å². The molecule has 0 atom stereocenters. The number of nitrogens with one attached hydrogen (secondary N) is 2. The Morgan fingerprint density at radius 3 is 2.30 bits per heavy atom. The van der Waals surface area contributed by atoms with Crippen LogP contribution in [0.15, 0.2) is 48.5 Å². The standard InChI is InChI=1S/C19H26N2O2/c1-3-4-14-23-18-10-8-16(9-11-18)20-12-13-21-17-6-5-7-19(15-17)22-2/h5-11,15,20-21H,3-4,12-14H2,1-2H3. The molecule has 0 saturated carbocycles. The second-order valence-electron chi connectivity index (χ2n) is 5.31. The number of hydrogen-bond acceptors (Lipinski definition) is 4. The maximum Gasteiger partial charge on any atom is 0.120 e. The van der Waals surface area contributed by atoms with Crippen LogP contribution < -0.4 is 20.1 Å². The van der Waals surface area contributed by atoms with Gasteiger partial charge in [-0.25, -0.2) is 0 Å². The highest BCUT2D eigenvalue weighted by Gasteiger charge is 1.97. The molecule has 23 heavy (non-hydrogen) atoms. The first-order valence-electron chi connectivity index (χ1n) is 8.16. The third-order valence-electron chi connectivity index (χ3n) is 3.47. The maximum atomic E-state index is 5.65. The Labute approximate surface area is 138 Å². The number of anilines is 2. The van der Waals surface area contributed by atoms with Gasteiger partial charge in [-0.3, -0.25) is 0 Å². The zero-order valence-electron chi connectivity index (χ0n) is 14.0. The molecular formula is C19H26N2O2. The Hall–Kier alpha value is -2.36. The summed E-state index contributed by atoms with van der Waals surface area (Å²) in [6.45, 7) is 4.62. The molecule has 2 N–H and O–H groups in total. The predicted molar refractivity (Wildman–Crippen MR) is 96.8 cm³/mol. The molecule has 0 aliphatic heterocycles. The van der Waals surface area contributed by atoms with E-state index in [2.05, 4.69) is 17.6 Å². The molecule has 0 heterocycles. The lowest BCUT2D eigenvalue weighted by molar-refractivity contribution is 0.309. The SMILES string of the molecule is CCCCOc1ccc(NCCNc2cccc(OC)c2)cc1. The lowest BCUT2D eigenvalue weighted by atomic mass is 10.3. The molecule has 0 aliphatic carbocycles. The van der Waals surface area contributed by atoms with Crippen LogP contribution in [0.5, 0.6) is 11.5 Å². The fourth-order valence-electron chi connectivity index (χ4n) is 2.15. The van der Waals surface area contributed by atoms with Crippen LogP contribution in [0.3, 0.4) is 0 Å². The molecule has 2 rings (SSSR count). The van der Waals surface area contributed by atoms with E-state index in [0.29, 0.717) is 0 Å². The summed E-state index contributed by atoms with van der Waals surface area (Å²) in [4.78, 5) is 0. The van der Waals surface area contributed by atoms with Gasteiger partial charge in [-0.1, -0.05) is 19.4 Å². The van der Waals surface area contributed by atoms with Gasteiger partial charge >= 0.3 is 0 Å². The van der Waals surface area contributed by atoms with Gasteiger partial charge in [0.2, 0.25) is 0 Å². The van der Waals surface area contributed by atoms with Crippen molar-refractivity contribution in [1.82, 2.24) is 0 Å². The molecule has 0 amide bonds. The quantitative estimate of drug-likeness (QED) is 0.638. The van der Waals surface area contributed by atoms with Crippen molar-refractivity contribution in [2.45, 2.75) is 19.8 Å². The largest absolute Gasteiger partial charge is 0.497 e. The van der Waals surface area contributed by atoms with E-state index < -0.39 is 0 Å². The highest BCUT2D eigenvalue weighted by atomic mass is 16.5. The average Bonchev–Trinajstić information content (AvgIpc) is 2.60. The van der Waals surface area contributed by atoms with E-state index in [0.717, 1.165) is 55.4 Å². The summed E-state index contributed by atoms with van der Waals surface area (Å²) in [5.74, 6) is 1.79. The molecular weight excluding hydrogens is 288 g/mol. The predicted octanol–water partition coefficient (Wildman–Crippen LogP) is 4.40. The van der Waals surface area contributed by atoms with Gasteiger partial charge in [-0.15, -0.1) is 0 Å². The lowest BCUT2D eigenvalue weighted by Gasteiger charge is -2.11. The minimum Gasteiger partial charge on any atom is -0.497 e. The molecule has 0 aromatic heterocycles. The number of unbranched alkanes of at least 4 members (excludes halogenated alkanes) is 1. The molecule has 4 heteroatoms. The molecule has 2 aromatic carbocycles. The van der Waals surface area contributed by atoms with Gasteiger partial charge in [-0.2, -0.15) is 0 Å². The van der Waals surface area contributed by atoms with Crippen LogP contribution in [0, 0.1) is 0 Å². The Kier molecular flexibility index (Phi) is 7.11. The van der Waals surface area contributed by atoms with E-state index in [1.807, 2.05) is 48.5 Å². The summed E-state index contributed by atoms with van der Waals surface area (Å²) in [5.41, 5.74) is 2.16. The highest BCUT2D eigenvalue weighted by Crippen LogP contribution is 2.17. The number of ether oxygens (including phenoxy) is 2.